The quantitative estimate of drug-likeness (QED) is 0.461. The molecule has 0 fully saturated rings. The number of ether oxygens (including phenoxy) is 2. The van der Waals surface area contributed by atoms with Gasteiger partial charge in [0.25, 0.3) is 0 Å². The Balaban J connectivity index is 4.58. The molecule has 0 rings (SSSR count). The monoisotopic (exact) mass is 238 g/mol. The number of Topliss-reactive ketones (excluding diaryl/α,β-unsaturated/α-hetero) is 1. The van der Waals surface area contributed by atoms with Crippen molar-refractivity contribution in [2.45, 2.75) is 13.3 Å². The summed E-state index contributed by atoms with van der Waals surface area (Å²) in [6.45, 7) is 0.166. The van der Waals surface area contributed by atoms with Crippen molar-refractivity contribution in [1.29, 1.82) is 10.5 Å². The lowest BCUT2D eigenvalue weighted by molar-refractivity contribution is -0.162. The molecule has 0 saturated heterocycles. The number of nitriles is 2. The third kappa shape index (κ3) is 5.90. The first-order valence-corrected chi connectivity index (χ1v) is 4.59. The van der Waals surface area contributed by atoms with Crippen LogP contribution in [0.1, 0.15) is 13.3 Å². The molecule has 0 aromatic heterocycles. The fraction of sp³-hybridized carbons (Fsp3) is 0.500. The van der Waals surface area contributed by atoms with Crippen LogP contribution in [0.4, 0.5) is 0 Å². The topological polar surface area (TPSA) is 117 Å². The molecule has 0 aliphatic rings. The summed E-state index contributed by atoms with van der Waals surface area (Å²) in [6.07, 6.45) is -0.380. The fourth-order valence-corrected chi connectivity index (χ4v) is 0.958. The van der Waals surface area contributed by atoms with Crippen LogP contribution in [-0.4, -0.2) is 30.9 Å². The van der Waals surface area contributed by atoms with Crippen molar-refractivity contribution < 1.29 is 23.9 Å². The molecule has 0 aliphatic heterocycles. The highest BCUT2D eigenvalue weighted by atomic mass is 16.6. The maximum atomic E-state index is 11.3. The van der Waals surface area contributed by atoms with Gasteiger partial charge in [0.1, 0.15) is 17.9 Å². The number of rotatable bonds is 6. The predicted molar refractivity (Wildman–Crippen MR) is 51.9 cm³/mol. The summed E-state index contributed by atoms with van der Waals surface area (Å²) >= 11 is 0. The van der Waals surface area contributed by atoms with Crippen molar-refractivity contribution in [1.82, 2.24) is 0 Å². The third-order valence-electron chi connectivity index (χ3n) is 1.62. The molecule has 0 aromatic rings. The molecule has 0 aliphatic carbocycles. The molecule has 0 saturated carbocycles. The van der Waals surface area contributed by atoms with Crippen molar-refractivity contribution in [3.05, 3.63) is 0 Å². The van der Waals surface area contributed by atoms with Gasteiger partial charge in [0.05, 0.1) is 0 Å². The van der Waals surface area contributed by atoms with E-state index >= 15 is 0 Å². The van der Waals surface area contributed by atoms with Crippen molar-refractivity contribution in [3.8, 4) is 12.1 Å². The lowest BCUT2D eigenvalue weighted by Crippen LogP contribution is -2.30. The van der Waals surface area contributed by atoms with Gasteiger partial charge >= 0.3 is 11.9 Å². The maximum absolute atomic E-state index is 11.3. The SMILES string of the molecule is CC(=O)CC(C(=O)OCC#N)C(=O)OCC#N. The van der Waals surface area contributed by atoms with Crippen LogP contribution < -0.4 is 0 Å². The minimum Gasteiger partial charge on any atom is -0.450 e. The van der Waals surface area contributed by atoms with Gasteiger partial charge in [-0.2, -0.15) is 10.5 Å². The van der Waals surface area contributed by atoms with E-state index < -0.39 is 36.9 Å². The molecule has 0 amide bonds. The lowest BCUT2D eigenvalue weighted by atomic mass is 10.0. The second-order valence-corrected chi connectivity index (χ2v) is 2.99. The van der Waals surface area contributed by atoms with E-state index in [0.717, 1.165) is 0 Å². The Hall–Kier alpha value is -2.41. The summed E-state index contributed by atoms with van der Waals surface area (Å²) in [6, 6.07) is 3.11. The molecular weight excluding hydrogens is 228 g/mol. The number of carbonyl (C=O) groups excluding carboxylic acids is 3. The molecule has 0 unspecified atom stereocenters. The summed E-state index contributed by atoms with van der Waals surface area (Å²) in [7, 11) is 0. The van der Waals surface area contributed by atoms with E-state index in [1.165, 1.54) is 6.92 Å². The second kappa shape index (κ2) is 7.83. The normalized spacial score (nSPS) is 8.94. The molecular formula is C10H10N2O5. The Kier molecular flexibility index (Phi) is 6.72. The van der Waals surface area contributed by atoms with Gasteiger partial charge in [0.15, 0.2) is 19.1 Å². The van der Waals surface area contributed by atoms with Gasteiger partial charge in [-0.15, -0.1) is 0 Å². The Morgan fingerprint density at radius 1 is 1.06 bits per heavy atom. The highest BCUT2D eigenvalue weighted by molar-refractivity contribution is 5.98. The van der Waals surface area contributed by atoms with E-state index in [0.29, 0.717) is 0 Å². The highest BCUT2D eigenvalue weighted by Crippen LogP contribution is 2.09. The van der Waals surface area contributed by atoms with Gasteiger partial charge in [0, 0.05) is 6.42 Å². The smallest absolute Gasteiger partial charge is 0.321 e. The van der Waals surface area contributed by atoms with E-state index in [-0.39, 0.29) is 6.42 Å². The van der Waals surface area contributed by atoms with Crippen molar-refractivity contribution in [2.24, 2.45) is 5.92 Å². The van der Waals surface area contributed by atoms with E-state index in [9.17, 15) is 14.4 Å². The average molecular weight is 238 g/mol. The van der Waals surface area contributed by atoms with Crippen molar-refractivity contribution in [2.75, 3.05) is 13.2 Å². The molecule has 0 bridgehead atoms. The highest BCUT2D eigenvalue weighted by Gasteiger charge is 2.31. The number of hydrogen-bond acceptors (Lipinski definition) is 7. The first-order valence-electron chi connectivity index (χ1n) is 4.59. The van der Waals surface area contributed by atoms with Crippen molar-refractivity contribution in [3.63, 3.8) is 0 Å². The van der Waals surface area contributed by atoms with E-state index in [1.54, 1.807) is 12.1 Å². The molecule has 0 radical (unpaired) electrons. The summed E-state index contributed by atoms with van der Waals surface area (Å²) < 4.78 is 8.84. The van der Waals surface area contributed by atoms with Gasteiger partial charge in [-0.05, 0) is 6.92 Å². The molecule has 0 spiro atoms. The zero-order valence-corrected chi connectivity index (χ0v) is 9.13. The van der Waals surface area contributed by atoms with Crippen LogP contribution in [0.2, 0.25) is 0 Å². The molecule has 0 N–H and O–H groups in total. The standard InChI is InChI=1S/C10H10N2O5/c1-7(13)6-8(9(14)16-4-2-11)10(15)17-5-3-12/h8H,4-6H2,1H3. The number of nitrogens with zero attached hydrogens (tertiary/aromatic N) is 2. The van der Waals surface area contributed by atoms with Crippen LogP contribution in [0.3, 0.4) is 0 Å². The number of carbonyl (C=O) groups is 3. The van der Waals surface area contributed by atoms with Gasteiger partial charge in [-0.1, -0.05) is 0 Å². The summed E-state index contributed by atoms with van der Waals surface area (Å²) in [5.74, 6) is -3.85. The predicted octanol–water partition coefficient (Wildman–Crippen LogP) is -0.285. The zero-order chi connectivity index (χ0) is 13.3. The van der Waals surface area contributed by atoms with Crippen LogP contribution in [0.25, 0.3) is 0 Å². The molecule has 90 valence electrons. The van der Waals surface area contributed by atoms with Crippen LogP contribution in [-0.2, 0) is 23.9 Å². The first-order chi connectivity index (χ1) is 8.02. The fourth-order valence-electron chi connectivity index (χ4n) is 0.958. The largest absolute Gasteiger partial charge is 0.450 e. The number of esters is 2. The van der Waals surface area contributed by atoms with Gasteiger partial charge < -0.3 is 9.47 Å². The van der Waals surface area contributed by atoms with Gasteiger partial charge in [0.2, 0.25) is 0 Å². The minimum absolute atomic E-state index is 0.380. The van der Waals surface area contributed by atoms with E-state index in [2.05, 4.69) is 9.47 Å². The first kappa shape index (κ1) is 14.6. The Bertz CT molecular complexity index is 360. The zero-order valence-electron chi connectivity index (χ0n) is 9.13. The van der Waals surface area contributed by atoms with Crippen LogP contribution in [0.15, 0.2) is 0 Å². The van der Waals surface area contributed by atoms with Crippen LogP contribution in [0, 0.1) is 28.6 Å². The van der Waals surface area contributed by atoms with E-state index in [1.807, 2.05) is 0 Å². The van der Waals surface area contributed by atoms with Gasteiger partial charge in [-0.25, -0.2) is 0 Å². The Labute approximate surface area is 97.5 Å². The Morgan fingerprint density at radius 2 is 1.47 bits per heavy atom. The van der Waals surface area contributed by atoms with Gasteiger partial charge in [-0.3, -0.25) is 14.4 Å². The molecule has 17 heavy (non-hydrogen) atoms. The lowest BCUT2D eigenvalue weighted by Gasteiger charge is -2.11. The summed E-state index contributed by atoms with van der Waals surface area (Å²) in [4.78, 5) is 33.5. The number of hydrogen-bond donors (Lipinski definition) is 0. The Morgan fingerprint density at radius 3 is 1.76 bits per heavy atom. The van der Waals surface area contributed by atoms with Crippen LogP contribution >= 0.6 is 0 Å². The molecule has 7 heteroatoms. The second-order valence-electron chi connectivity index (χ2n) is 2.99. The third-order valence-corrected chi connectivity index (χ3v) is 1.62. The molecule has 0 heterocycles. The molecule has 0 aromatic carbocycles. The summed E-state index contributed by atoms with van der Waals surface area (Å²) in [5, 5.41) is 16.4. The van der Waals surface area contributed by atoms with E-state index in [4.69, 9.17) is 10.5 Å². The van der Waals surface area contributed by atoms with Crippen LogP contribution in [0.5, 0.6) is 0 Å². The van der Waals surface area contributed by atoms with Crippen molar-refractivity contribution >= 4 is 17.7 Å². The minimum atomic E-state index is -1.42. The maximum Gasteiger partial charge on any atom is 0.321 e. The number of ketones is 1. The molecule has 7 nitrogen and oxygen atoms in total. The summed E-state index contributed by atoms with van der Waals surface area (Å²) in [5.41, 5.74) is 0. The molecule has 0 atom stereocenters. The average Bonchev–Trinajstić information content (AvgIpc) is 2.29.